The highest BCUT2D eigenvalue weighted by Gasteiger charge is 2.12. The molecule has 1 aliphatic rings. The smallest absolute Gasteiger partial charge is 0.336 e. The predicted molar refractivity (Wildman–Crippen MR) is 83.2 cm³/mol. The van der Waals surface area contributed by atoms with E-state index in [0.717, 1.165) is 22.4 Å². The van der Waals surface area contributed by atoms with Crippen LogP contribution >= 0.6 is 0 Å². The molecule has 0 fully saturated rings. The number of esters is 1. The molecule has 1 aliphatic heterocycles. The number of hydrogen-bond donors (Lipinski definition) is 0. The van der Waals surface area contributed by atoms with Crippen molar-refractivity contribution in [1.82, 2.24) is 0 Å². The lowest BCUT2D eigenvalue weighted by atomic mass is 10.1. The van der Waals surface area contributed by atoms with Crippen molar-refractivity contribution in [3.63, 3.8) is 0 Å². The van der Waals surface area contributed by atoms with Crippen LogP contribution in [0.1, 0.15) is 16.7 Å². The summed E-state index contributed by atoms with van der Waals surface area (Å²) < 4.78 is 16.0. The van der Waals surface area contributed by atoms with E-state index in [-0.39, 0.29) is 6.79 Å². The average Bonchev–Trinajstić information content (AvgIpc) is 2.96. The van der Waals surface area contributed by atoms with Gasteiger partial charge in [-0.15, -0.1) is 0 Å². The van der Waals surface area contributed by atoms with Gasteiger partial charge >= 0.3 is 5.97 Å². The molecule has 0 unspecified atom stereocenters. The third-order valence-corrected chi connectivity index (χ3v) is 3.42. The van der Waals surface area contributed by atoms with Gasteiger partial charge in [-0.05, 0) is 48.7 Å². The van der Waals surface area contributed by atoms with Gasteiger partial charge in [-0.2, -0.15) is 0 Å². The minimum Gasteiger partial charge on any atom is -0.454 e. The number of rotatable bonds is 3. The summed E-state index contributed by atoms with van der Waals surface area (Å²) in [6, 6.07) is 11.3. The van der Waals surface area contributed by atoms with Gasteiger partial charge < -0.3 is 14.2 Å². The Hall–Kier alpha value is -2.75. The van der Waals surface area contributed by atoms with Crippen LogP contribution in [0.4, 0.5) is 0 Å². The highest BCUT2D eigenvalue weighted by molar-refractivity contribution is 5.89. The van der Waals surface area contributed by atoms with Crippen molar-refractivity contribution in [2.45, 2.75) is 13.8 Å². The summed E-state index contributed by atoms with van der Waals surface area (Å²) in [6.07, 6.45) is 3.10. The van der Waals surface area contributed by atoms with Crippen molar-refractivity contribution >= 4 is 12.0 Å². The van der Waals surface area contributed by atoms with E-state index in [4.69, 9.17) is 14.2 Å². The van der Waals surface area contributed by atoms with Gasteiger partial charge in [-0.3, -0.25) is 0 Å². The summed E-state index contributed by atoms with van der Waals surface area (Å²) in [5, 5.41) is 0. The largest absolute Gasteiger partial charge is 0.454 e. The summed E-state index contributed by atoms with van der Waals surface area (Å²) in [5.41, 5.74) is 2.72. The number of fused-ring (bicyclic) bond motifs is 1. The van der Waals surface area contributed by atoms with Gasteiger partial charge in [-0.1, -0.05) is 24.3 Å². The maximum absolute atomic E-state index is 12.0. The van der Waals surface area contributed by atoms with Gasteiger partial charge in [0.05, 0.1) is 0 Å². The highest BCUT2D eigenvalue weighted by atomic mass is 16.7. The van der Waals surface area contributed by atoms with Crippen LogP contribution in [-0.2, 0) is 4.79 Å². The zero-order valence-electron chi connectivity index (χ0n) is 12.5. The van der Waals surface area contributed by atoms with Crippen molar-refractivity contribution in [3.8, 4) is 17.2 Å². The van der Waals surface area contributed by atoms with Crippen LogP contribution in [0.5, 0.6) is 17.2 Å². The second kappa shape index (κ2) is 5.93. The fraction of sp³-hybridized carbons (Fsp3) is 0.167. The monoisotopic (exact) mass is 296 g/mol. The number of carbonyl (C=O) groups excluding carboxylic acids is 1. The first-order chi connectivity index (χ1) is 10.6. The van der Waals surface area contributed by atoms with E-state index in [1.807, 2.05) is 50.2 Å². The standard InChI is InChI=1S/C18H16O4/c1-12-4-3-5-13(2)18(12)22-17(19)9-7-14-6-8-15-16(10-14)21-11-20-15/h3-10H,11H2,1-2H3. The Labute approximate surface area is 128 Å². The summed E-state index contributed by atoms with van der Waals surface area (Å²) in [4.78, 5) is 12.0. The van der Waals surface area contributed by atoms with Gasteiger partial charge in [0.25, 0.3) is 0 Å². The SMILES string of the molecule is Cc1cccc(C)c1OC(=O)C=Cc1ccc2c(c1)OCO2. The number of aryl methyl sites for hydroxylation is 2. The summed E-state index contributed by atoms with van der Waals surface area (Å²) >= 11 is 0. The van der Waals surface area contributed by atoms with Gasteiger partial charge in [0.2, 0.25) is 6.79 Å². The molecule has 2 aromatic carbocycles. The lowest BCUT2D eigenvalue weighted by Crippen LogP contribution is -2.06. The van der Waals surface area contributed by atoms with Gasteiger partial charge in [0.1, 0.15) is 5.75 Å². The third kappa shape index (κ3) is 2.96. The molecule has 4 heteroatoms. The molecule has 0 radical (unpaired) electrons. The molecular formula is C18H16O4. The molecule has 0 amide bonds. The molecule has 2 aromatic rings. The summed E-state index contributed by atoms with van der Waals surface area (Å²) in [6.45, 7) is 4.06. The van der Waals surface area contributed by atoms with Crippen molar-refractivity contribution in [1.29, 1.82) is 0 Å². The second-order valence-corrected chi connectivity index (χ2v) is 5.09. The zero-order valence-corrected chi connectivity index (χ0v) is 12.5. The average molecular weight is 296 g/mol. The normalized spacial score (nSPS) is 12.6. The number of hydrogen-bond acceptors (Lipinski definition) is 4. The molecule has 0 atom stereocenters. The molecule has 0 N–H and O–H groups in total. The summed E-state index contributed by atoms with van der Waals surface area (Å²) in [5.74, 6) is 1.61. The van der Waals surface area contributed by atoms with Crippen LogP contribution < -0.4 is 14.2 Å². The van der Waals surface area contributed by atoms with Crippen molar-refractivity contribution in [2.24, 2.45) is 0 Å². The van der Waals surface area contributed by atoms with Crippen LogP contribution in [-0.4, -0.2) is 12.8 Å². The van der Waals surface area contributed by atoms with Crippen molar-refractivity contribution in [2.75, 3.05) is 6.79 Å². The van der Waals surface area contributed by atoms with Crippen LogP contribution in [0.3, 0.4) is 0 Å². The fourth-order valence-corrected chi connectivity index (χ4v) is 2.28. The van der Waals surface area contributed by atoms with E-state index >= 15 is 0 Å². The van der Waals surface area contributed by atoms with Crippen LogP contribution in [0.2, 0.25) is 0 Å². The molecule has 1 heterocycles. The lowest BCUT2D eigenvalue weighted by Gasteiger charge is -2.08. The van der Waals surface area contributed by atoms with E-state index in [9.17, 15) is 4.79 Å². The Balaban J connectivity index is 1.71. The summed E-state index contributed by atoms with van der Waals surface area (Å²) in [7, 11) is 0. The minimum absolute atomic E-state index is 0.233. The topological polar surface area (TPSA) is 44.8 Å². The van der Waals surface area contributed by atoms with E-state index in [0.29, 0.717) is 11.5 Å². The molecule has 22 heavy (non-hydrogen) atoms. The molecule has 0 aliphatic carbocycles. The lowest BCUT2D eigenvalue weighted by molar-refractivity contribution is -0.129. The quantitative estimate of drug-likeness (QED) is 0.492. The van der Waals surface area contributed by atoms with Crippen LogP contribution in [0, 0.1) is 13.8 Å². The molecule has 0 aromatic heterocycles. The van der Waals surface area contributed by atoms with Gasteiger partial charge in [-0.25, -0.2) is 4.79 Å². The number of ether oxygens (including phenoxy) is 3. The van der Waals surface area contributed by atoms with Crippen LogP contribution in [0.15, 0.2) is 42.5 Å². The first-order valence-electron chi connectivity index (χ1n) is 6.99. The molecule has 0 saturated heterocycles. The van der Waals surface area contributed by atoms with Gasteiger partial charge in [0, 0.05) is 6.08 Å². The zero-order chi connectivity index (χ0) is 15.5. The Morgan fingerprint density at radius 1 is 1.09 bits per heavy atom. The molecule has 0 saturated carbocycles. The molecule has 3 rings (SSSR count). The maximum Gasteiger partial charge on any atom is 0.336 e. The molecule has 4 nitrogen and oxygen atoms in total. The predicted octanol–water partition coefficient (Wildman–Crippen LogP) is 3.65. The minimum atomic E-state index is -0.407. The molecular weight excluding hydrogens is 280 g/mol. The maximum atomic E-state index is 12.0. The van der Waals surface area contributed by atoms with E-state index < -0.39 is 5.97 Å². The van der Waals surface area contributed by atoms with Crippen LogP contribution in [0.25, 0.3) is 6.08 Å². The Morgan fingerprint density at radius 3 is 2.59 bits per heavy atom. The Morgan fingerprint density at radius 2 is 1.82 bits per heavy atom. The second-order valence-electron chi connectivity index (χ2n) is 5.09. The third-order valence-electron chi connectivity index (χ3n) is 3.42. The molecule has 0 spiro atoms. The first-order valence-corrected chi connectivity index (χ1v) is 6.99. The molecule has 112 valence electrons. The number of carbonyl (C=O) groups is 1. The first kappa shape index (κ1) is 14.2. The number of para-hydroxylation sites is 1. The Kier molecular flexibility index (Phi) is 3.83. The van der Waals surface area contributed by atoms with E-state index in [1.54, 1.807) is 6.08 Å². The van der Waals surface area contributed by atoms with Crippen molar-refractivity contribution in [3.05, 3.63) is 59.2 Å². The molecule has 0 bridgehead atoms. The number of benzene rings is 2. The fourth-order valence-electron chi connectivity index (χ4n) is 2.28. The van der Waals surface area contributed by atoms with E-state index in [1.165, 1.54) is 6.08 Å². The Bertz CT molecular complexity index is 726. The van der Waals surface area contributed by atoms with E-state index in [2.05, 4.69) is 0 Å². The van der Waals surface area contributed by atoms with Crippen molar-refractivity contribution < 1.29 is 19.0 Å². The highest BCUT2D eigenvalue weighted by Crippen LogP contribution is 2.32. The van der Waals surface area contributed by atoms with Gasteiger partial charge in [0.15, 0.2) is 11.5 Å².